The molecule has 1 N–H and O–H groups in total. The van der Waals surface area contributed by atoms with Gasteiger partial charge in [-0.3, -0.25) is 0 Å². The highest BCUT2D eigenvalue weighted by Gasteiger charge is 2.36. The van der Waals surface area contributed by atoms with Crippen molar-refractivity contribution in [1.82, 2.24) is 0 Å². The third kappa shape index (κ3) is 4.45. The summed E-state index contributed by atoms with van der Waals surface area (Å²) in [5.74, 6) is -0.813. The fraction of sp³-hybridized carbons (Fsp3) is 0. The molecular weight excluding hydrogens is 487 g/mol. The Morgan fingerprint density at radius 1 is 0.625 bits per heavy atom. The summed E-state index contributed by atoms with van der Waals surface area (Å²) in [4.78, 5) is 15.6. The molecule has 4 aromatic carbocycles. The van der Waals surface area contributed by atoms with Crippen molar-refractivity contribution in [3.05, 3.63) is 118 Å². The van der Waals surface area contributed by atoms with Crippen molar-refractivity contribution in [3.8, 4) is 5.75 Å². The number of phenolic OH excluding ortho intramolecular Hbond substituents is 1. The zero-order valence-corrected chi connectivity index (χ0v) is 19.6. The molecule has 162 valence electrons. The second-order valence-corrected chi connectivity index (χ2v) is 10.8. The highest BCUT2D eigenvalue weighted by Crippen LogP contribution is 2.69. The van der Waals surface area contributed by atoms with Gasteiger partial charge in [0.05, 0.1) is 0 Å². The maximum atomic E-state index is 13.4. The largest absolute Gasteiger partial charge is 0.507 e. The van der Waals surface area contributed by atoms with Gasteiger partial charge in [0, 0.05) is 29.8 Å². The summed E-state index contributed by atoms with van der Waals surface area (Å²) in [5.41, 5.74) is 0.0706. The summed E-state index contributed by atoms with van der Waals surface area (Å²) in [7, 11) is -2.58. The van der Waals surface area contributed by atoms with E-state index < -0.39 is 16.3 Å². The first-order valence-electron chi connectivity index (χ1n) is 9.52. The van der Waals surface area contributed by atoms with Crippen molar-refractivity contribution < 1.29 is 14.1 Å². The third-order valence-electron chi connectivity index (χ3n) is 4.76. The topological polar surface area (TPSA) is 46.5 Å². The lowest BCUT2D eigenvalue weighted by molar-refractivity contribution is 0.0754. The molecule has 0 saturated carbocycles. The van der Waals surface area contributed by atoms with Gasteiger partial charge in [0.1, 0.15) is 11.3 Å². The third-order valence-corrected chi connectivity index (χ3v) is 8.73. The van der Waals surface area contributed by atoms with Gasteiger partial charge in [-0.05, 0) is 95.2 Å². The van der Waals surface area contributed by atoms with Gasteiger partial charge in [0.15, 0.2) is 0 Å². The average Bonchev–Trinajstić information content (AvgIpc) is 2.79. The Labute approximate surface area is 202 Å². The summed E-state index contributed by atoms with van der Waals surface area (Å²) >= 11 is 18.5. The van der Waals surface area contributed by atoms with Crippen LogP contribution in [0.1, 0.15) is 10.4 Å². The van der Waals surface area contributed by atoms with Gasteiger partial charge in [0.2, 0.25) is 0 Å². The average molecular weight is 504 g/mol. The van der Waals surface area contributed by atoms with E-state index in [-0.39, 0.29) is 11.3 Å². The van der Waals surface area contributed by atoms with Crippen molar-refractivity contribution in [1.29, 1.82) is 0 Å². The van der Waals surface area contributed by atoms with E-state index >= 15 is 0 Å². The van der Waals surface area contributed by atoms with E-state index in [0.717, 1.165) is 14.7 Å². The number of phenols is 1. The first-order chi connectivity index (χ1) is 15.4. The maximum Gasteiger partial charge on any atom is 0.353 e. The lowest BCUT2D eigenvalue weighted by atomic mass is 10.2. The molecule has 4 aromatic rings. The monoisotopic (exact) mass is 502 g/mol. The molecule has 0 aliphatic heterocycles. The fourth-order valence-electron chi connectivity index (χ4n) is 3.24. The van der Waals surface area contributed by atoms with E-state index in [1.54, 1.807) is 48.5 Å². The highest BCUT2D eigenvalue weighted by atomic mass is 35.5. The van der Waals surface area contributed by atoms with Crippen LogP contribution in [0.5, 0.6) is 5.75 Å². The molecular formula is C25H17Cl3O3S. The second kappa shape index (κ2) is 9.47. The molecule has 0 atom stereocenters. The van der Waals surface area contributed by atoms with E-state index in [2.05, 4.69) is 0 Å². The van der Waals surface area contributed by atoms with Crippen molar-refractivity contribution >= 4 is 51.1 Å². The molecule has 7 heteroatoms. The lowest BCUT2D eigenvalue weighted by Crippen LogP contribution is -2.14. The van der Waals surface area contributed by atoms with Crippen LogP contribution in [0.2, 0.25) is 15.1 Å². The Morgan fingerprint density at radius 3 is 1.38 bits per heavy atom. The summed E-state index contributed by atoms with van der Waals surface area (Å²) in [5, 5.41) is 11.9. The van der Waals surface area contributed by atoms with Crippen LogP contribution < -0.4 is 0 Å². The molecule has 0 fully saturated rings. The summed E-state index contributed by atoms with van der Waals surface area (Å²) in [6.45, 7) is 0. The molecule has 3 nitrogen and oxygen atoms in total. The predicted molar refractivity (Wildman–Crippen MR) is 130 cm³/mol. The summed E-state index contributed by atoms with van der Waals surface area (Å²) < 4.78 is 6.34. The van der Waals surface area contributed by atoms with Crippen LogP contribution in [0.3, 0.4) is 0 Å². The van der Waals surface area contributed by atoms with Crippen molar-refractivity contribution in [2.24, 2.45) is 0 Å². The Kier molecular flexibility index (Phi) is 6.68. The van der Waals surface area contributed by atoms with E-state index in [1.165, 1.54) is 12.1 Å². The van der Waals surface area contributed by atoms with Gasteiger partial charge in [-0.15, -0.1) is 0 Å². The van der Waals surface area contributed by atoms with Crippen LogP contribution in [0.4, 0.5) is 0 Å². The summed E-state index contributed by atoms with van der Waals surface area (Å²) in [6.07, 6.45) is 0. The van der Waals surface area contributed by atoms with E-state index in [0.29, 0.717) is 15.1 Å². The minimum Gasteiger partial charge on any atom is -0.507 e. The number of hydrogen-bond acceptors (Lipinski definition) is 3. The fourth-order valence-corrected chi connectivity index (χ4v) is 6.59. The lowest BCUT2D eigenvalue weighted by Gasteiger charge is -2.40. The van der Waals surface area contributed by atoms with Crippen molar-refractivity contribution in [2.45, 2.75) is 14.7 Å². The Hall–Kier alpha value is -2.63. The summed E-state index contributed by atoms with van der Waals surface area (Å²) in [6, 6.07) is 27.8. The molecule has 0 aliphatic carbocycles. The first-order valence-corrected chi connectivity index (χ1v) is 12.2. The molecule has 0 aliphatic rings. The smallest absolute Gasteiger partial charge is 0.353 e. The molecule has 0 radical (unpaired) electrons. The van der Waals surface area contributed by atoms with E-state index in [4.69, 9.17) is 39.0 Å². The Morgan fingerprint density at radius 2 is 1.00 bits per heavy atom. The molecule has 0 saturated heterocycles. The van der Waals surface area contributed by atoms with Gasteiger partial charge in [-0.2, -0.15) is 0 Å². The zero-order chi connectivity index (χ0) is 22.7. The quantitative estimate of drug-likeness (QED) is 0.297. The molecule has 0 heterocycles. The van der Waals surface area contributed by atoms with Gasteiger partial charge in [0.25, 0.3) is 0 Å². The normalized spacial score (nSPS) is 11.7. The number of carbonyl (C=O) groups excluding carboxylic acids is 1. The molecule has 0 amide bonds. The highest BCUT2D eigenvalue weighted by molar-refractivity contribution is 8.30. The molecule has 0 unspecified atom stereocenters. The standard InChI is InChI=1S/C25H17Cl3O3S/c26-17-5-11-20(12-6-17)32(21-13-7-18(27)8-14-21,22-15-9-19(28)10-16-22)31-25(30)23-3-1-2-4-24(23)29/h1-16,29H. The Balaban J connectivity index is 1.98. The zero-order valence-electron chi connectivity index (χ0n) is 16.5. The van der Waals surface area contributed by atoms with Gasteiger partial charge < -0.3 is 9.29 Å². The van der Waals surface area contributed by atoms with E-state index in [9.17, 15) is 9.90 Å². The minimum absolute atomic E-state index is 0.0706. The minimum atomic E-state index is -2.58. The SMILES string of the molecule is O=C(OS(c1ccc(Cl)cc1)(c1ccc(Cl)cc1)c1ccc(Cl)cc1)c1ccccc1O. The van der Waals surface area contributed by atoms with Crippen LogP contribution in [-0.4, -0.2) is 11.1 Å². The van der Waals surface area contributed by atoms with E-state index in [1.807, 2.05) is 36.4 Å². The number of para-hydroxylation sites is 1. The first kappa shape index (κ1) is 22.6. The van der Waals surface area contributed by atoms with Crippen LogP contribution in [-0.2, 0) is 4.18 Å². The van der Waals surface area contributed by atoms with Crippen LogP contribution in [0.25, 0.3) is 0 Å². The van der Waals surface area contributed by atoms with Crippen molar-refractivity contribution in [2.75, 3.05) is 0 Å². The number of benzene rings is 4. The number of carbonyl (C=O) groups is 1. The molecule has 0 bridgehead atoms. The number of hydrogen-bond donors (Lipinski definition) is 1. The van der Waals surface area contributed by atoms with Gasteiger partial charge >= 0.3 is 5.97 Å². The van der Waals surface area contributed by atoms with Gasteiger partial charge in [-0.1, -0.05) is 46.9 Å². The van der Waals surface area contributed by atoms with Gasteiger partial charge in [-0.25, -0.2) is 4.79 Å². The number of halogens is 3. The van der Waals surface area contributed by atoms with Crippen LogP contribution in [0, 0.1) is 0 Å². The van der Waals surface area contributed by atoms with Crippen molar-refractivity contribution in [3.63, 3.8) is 0 Å². The van der Waals surface area contributed by atoms with Crippen LogP contribution in [0.15, 0.2) is 112 Å². The molecule has 0 aromatic heterocycles. The molecule has 32 heavy (non-hydrogen) atoms. The van der Waals surface area contributed by atoms with Crippen LogP contribution >= 0.6 is 45.1 Å². The predicted octanol–water partition coefficient (Wildman–Crippen LogP) is 8.41. The number of rotatable bonds is 5. The maximum absolute atomic E-state index is 13.4. The molecule has 4 rings (SSSR count). The second-order valence-electron chi connectivity index (χ2n) is 6.81. The Bertz CT molecular complexity index is 1130. The molecule has 0 spiro atoms. The number of aromatic hydroxyl groups is 1.